The van der Waals surface area contributed by atoms with E-state index in [2.05, 4.69) is 20.6 Å². The lowest BCUT2D eigenvalue weighted by atomic mass is 10.3. The van der Waals surface area contributed by atoms with Crippen molar-refractivity contribution >= 4 is 24.0 Å². The van der Waals surface area contributed by atoms with Crippen LogP contribution in [0, 0.1) is 0 Å². The summed E-state index contributed by atoms with van der Waals surface area (Å²) in [5, 5.41) is 13.3. The molecule has 0 aliphatic carbocycles. The fraction of sp³-hybridized carbons (Fsp3) is 0.750. The average molecular weight is 183 g/mol. The van der Waals surface area contributed by atoms with Gasteiger partial charge in [-0.05, 0) is 6.42 Å². The lowest BCUT2D eigenvalue weighted by Gasteiger charge is -1.85. The van der Waals surface area contributed by atoms with Gasteiger partial charge in [-0.1, -0.05) is 5.21 Å². The Bertz CT molecular complexity index is 152. The summed E-state index contributed by atoms with van der Waals surface area (Å²) in [6.07, 6.45) is 1.71. The molecule has 1 aromatic heterocycles. The first-order chi connectivity index (χ1) is 4.43. The number of nitrogens with one attached hydrogen (secondary N) is 1. The highest BCUT2D eigenvalue weighted by Gasteiger charge is 1.94. The standard InChI is InChI=1S/C4H7ClN4.ClH/c5-3-1-2-4-6-8-9-7-4;/h1-3H2,(H,6,7,8,9);1H. The number of aromatic nitrogens is 4. The van der Waals surface area contributed by atoms with Gasteiger partial charge >= 0.3 is 0 Å². The first-order valence-electron chi connectivity index (χ1n) is 2.72. The molecule has 0 saturated heterocycles. The molecule has 1 aromatic rings. The summed E-state index contributed by atoms with van der Waals surface area (Å²) < 4.78 is 0. The van der Waals surface area contributed by atoms with Gasteiger partial charge in [0.05, 0.1) is 0 Å². The van der Waals surface area contributed by atoms with Crippen LogP contribution in [-0.2, 0) is 6.42 Å². The van der Waals surface area contributed by atoms with Gasteiger partial charge in [0.15, 0.2) is 5.82 Å². The molecule has 6 heteroatoms. The maximum Gasteiger partial charge on any atom is 0.174 e. The van der Waals surface area contributed by atoms with Crippen LogP contribution in [0.4, 0.5) is 0 Å². The number of hydrogen-bond acceptors (Lipinski definition) is 3. The Morgan fingerprint density at radius 2 is 2.30 bits per heavy atom. The predicted octanol–water partition coefficient (Wildman–Crippen LogP) is 0.793. The quantitative estimate of drug-likeness (QED) is 0.705. The second kappa shape index (κ2) is 5.44. The van der Waals surface area contributed by atoms with Crippen molar-refractivity contribution in [3.63, 3.8) is 0 Å². The fourth-order valence-corrected chi connectivity index (χ4v) is 0.647. The number of tetrazole rings is 1. The molecule has 0 radical (unpaired) electrons. The second-order valence-corrected chi connectivity index (χ2v) is 2.00. The Morgan fingerprint density at radius 1 is 1.50 bits per heavy atom. The van der Waals surface area contributed by atoms with Crippen molar-refractivity contribution in [1.29, 1.82) is 0 Å². The molecule has 0 amide bonds. The van der Waals surface area contributed by atoms with Crippen molar-refractivity contribution < 1.29 is 0 Å². The highest BCUT2D eigenvalue weighted by molar-refractivity contribution is 6.17. The van der Waals surface area contributed by atoms with Crippen molar-refractivity contribution in [2.24, 2.45) is 0 Å². The van der Waals surface area contributed by atoms with E-state index < -0.39 is 0 Å². The molecule has 0 bridgehead atoms. The molecule has 58 valence electrons. The lowest BCUT2D eigenvalue weighted by molar-refractivity contribution is 0.844. The lowest BCUT2D eigenvalue weighted by Crippen LogP contribution is -1.88. The zero-order valence-corrected chi connectivity index (χ0v) is 6.82. The largest absolute Gasteiger partial charge is 0.177 e. The summed E-state index contributed by atoms with van der Waals surface area (Å²) in [6, 6.07) is 0. The minimum atomic E-state index is 0. The number of aromatic amines is 1. The molecule has 0 spiro atoms. The van der Waals surface area contributed by atoms with E-state index in [1.165, 1.54) is 0 Å². The maximum atomic E-state index is 5.43. The fourth-order valence-electron chi connectivity index (χ4n) is 0.513. The van der Waals surface area contributed by atoms with Crippen LogP contribution in [0.15, 0.2) is 0 Å². The number of rotatable bonds is 3. The summed E-state index contributed by atoms with van der Waals surface area (Å²) in [5.74, 6) is 1.38. The molecule has 0 fully saturated rings. The summed E-state index contributed by atoms with van der Waals surface area (Å²) in [7, 11) is 0. The van der Waals surface area contributed by atoms with Crippen molar-refractivity contribution in [3.05, 3.63) is 5.82 Å². The summed E-state index contributed by atoms with van der Waals surface area (Å²) in [5.41, 5.74) is 0. The topological polar surface area (TPSA) is 54.5 Å². The van der Waals surface area contributed by atoms with E-state index in [1.54, 1.807) is 0 Å². The van der Waals surface area contributed by atoms with E-state index in [-0.39, 0.29) is 12.4 Å². The van der Waals surface area contributed by atoms with Gasteiger partial charge in [-0.3, -0.25) is 0 Å². The Hall–Kier alpha value is -0.350. The van der Waals surface area contributed by atoms with Crippen LogP contribution in [0.25, 0.3) is 0 Å². The van der Waals surface area contributed by atoms with Crippen molar-refractivity contribution in [3.8, 4) is 0 Å². The van der Waals surface area contributed by atoms with Gasteiger partial charge < -0.3 is 0 Å². The Labute approximate surface area is 69.8 Å². The van der Waals surface area contributed by atoms with Gasteiger partial charge in [-0.15, -0.1) is 34.2 Å². The van der Waals surface area contributed by atoms with E-state index in [0.717, 1.165) is 18.7 Å². The number of aryl methyl sites for hydroxylation is 1. The minimum absolute atomic E-state index is 0. The van der Waals surface area contributed by atoms with E-state index in [4.69, 9.17) is 11.6 Å². The van der Waals surface area contributed by atoms with Crippen molar-refractivity contribution in [1.82, 2.24) is 20.6 Å². The van der Waals surface area contributed by atoms with Crippen molar-refractivity contribution in [2.45, 2.75) is 12.8 Å². The summed E-state index contributed by atoms with van der Waals surface area (Å²) in [6.45, 7) is 0. The molecule has 0 aliphatic rings. The first-order valence-corrected chi connectivity index (χ1v) is 3.25. The predicted molar refractivity (Wildman–Crippen MR) is 40.5 cm³/mol. The van der Waals surface area contributed by atoms with Crippen LogP contribution >= 0.6 is 24.0 Å². The highest BCUT2D eigenvalue weighted by Crippen LogP contribution is 1.92. The van der Waals surface area contributed by atoms with Crippen LogP contribution in [0.3, 0.4) is 0 Å². The van der Waals surface area contributed by atoms with E-state index >= 15 is 0 Å². The van der Waals surface area contributed by atoms with E-state index in [1.807, 2.05) is 0 Å². The molecule has 0 atom stereocenters. The third-order valence-corrected chi connectivity index (χ3v) is 1.19. The second-order valence-electron chi connectivity index (χ2n) is 1.62. The molecule has 0 saturated carbocycles. The monoisotopic (exact) mass is 182 g/mol. The average Bonchev–Trinajstić information content (AvgIpc) is 2.34. The molecule has 0 aliphatic heterocycles. The van der Waals surface area contributed by atoms with Gasteiger partial charge in [0.1, 0.15) is 0 Å². The Balaban J connectivity index is 0.000000810. The Kier molecular flexibility index (Phi) is 5.25. The SMILES string of the molecule is Cl.ClCCCc1nn[nH]n1. The molecule has 0 aromatic carbocycles. The molecular formula is C4H8Cl2N4. The molecular weight excluding hydrogens is 175 g/mol. The first kappa shape index (κ1) is 9.65. The van der Waals surface area contributed by atoms with Crippen molar-refractivity contribution in [2.75, 3.05) is 5.88 Å². The minimum Gasteiger partial charge on any atom is -0.177 e. The van der Waals surface area contributed by atoms with Crippen LogP contribution in [0.2, 0.25) is 0 Å². The number of alkyl halides is 1. The molecule has 1 N–H and O–H groups in total. The third kappa shape index (κ3) is 2.98. The normalized spacial score (nSPS) is 8.90. The van der Waals surface area contributed by atoms with E-state index in [9.17, 15) is 0 Å². The van der Waals surface area contributed by atoms with Gasteiger partial charge in [0.25, 0.3) is 0 Å². The number of nitrogens with zero attached hydrogens (tertiary/aromatic N) is 3. The smallest absolute Gasteiger partial charge is 0.174 e. The van der Waals surface area contributed by atoms with Gasteiger partial charge in [0, 0.05) is 12.3 Å². The van der Waals surface area contributed by atoms with Crippen LogP contribution in [-0.4, -0.2) is 26.5 Å². The summed E-state index contributed by atoms with van der Waals surface area (Å²) in [4.78, 5) is 0. The Morgan fingerprint density at radius 3 is 2.80 bits per heavy atom. The van der Waals surface area contributed by atoms with E-state index in [0.29, 0.717) is 5.88 Å². The number of hydrogen-bond donors (Lipinski definition) is 1. The number of halogens is 2. The van der Waals surface area contributed by atoms with Crippen LogP contribution in [0.1, 0.15) is 12.2 Å². The van der Waals surface area contributed by atoms with Gasteiger partial charge in [-0.2, -0.15) is 5.21 Å². The maximum absolute atomic E-state index is 5.43. The highest BCUT2D eigenvalue weighted by atomic mass is 35.5. The molecule has 1 rings (SSSR count). The molecule has 0 unspecified atom stereocenters. The molecule has 4 nitrogen and oxygen atoms in total. The third-order valence-electron chi connectivity index (χ3n) is 0.923. The van der Waals surface area contributed by atoms with Crippen LogP contribution in [0.5, 0.6) is 0 Å². The number of H-pyrrole nitrogens is 1. The summed E-state index contributed by atoms with van der Waals surface area (Å²) >= 11 is 5.43. The zero-order valence-electron chi connectivity index (χ0n) is 5.25. The zero-order chi connectivity index (χ0) is 6.53. The molecule has 10 heavy (non-hydrogen) atoms. The van der Waals surface area contributed by atoms with Crippen LogP contribution < -0.4 is 0 Å². The van der Waals surface area contributed by atoms with Gasteiger partial charge in [0.2, 0.25) is 0 Å². The van der Waals surface area contributed by atoms with Gasteiger partial charge in [-0.25, -0.2) is 0 Å². The molecule has 1 heterocycles.